The number of rotatable bonds is 7. The third-order valence-electron chi connectivity index (χ3n) is 2.61. The second-order valence-electron chi connectivity index (χ2n) is 4.60. The fourth-order valence-electron chi connectivity index (χ4n) is 1.66. The second-order valence-corrected chi connectivity index (χ2v) is 5.04. The quantitative estimate of drug-likeness (QED) is 0.742. The third kappa shape index (κ3) is 4.71. The van der Waals surface area contributed by atoms with Gasteiger partial charge in [0.25, 0.3) is 0 Å². The zero-order chi connectivity index (χ0) is 13.5. The van der Waals surface area contributed by atoms with E-state index in [9.17, 15) is 0 Å². The van der Waals surface area contributed by atoms with Gasteiger partial charge < -0.3 is 10.1 Å². The summed E-state index contributed by atoms with van der Waals surface area (Å²) in [6, 6.07) is 5.96. The van der Waals surface area contributed by atoms with Gasteiger partial charge in [-0.1, -0.05) is 25.1 Å². The van der Waals surface area contributed by atoms with Gasteiger partial charge in [0.15, 0.2) is 0 Å². The minimum absolute atomic E-state index is 0.226. The number of hydrogen-bond donors (Lipinski definition) is 1. The number of benzene rings is 1. The summed E-state index contributed by atoms with van der Waals surface area (Å²) in [6.07, 6.45) is 1.10. The standard InChI is InChI=1S/C15H22ClNO/c1-5-8-17-12(4)14-9-13(16)6-7-15(14)18-10-11(2)3/h6-7,9,12,17H,2,5,8,10H2,1,3-4H3. The van der Waals surface area contributed by atoms with Gasteiger partial charge in [-0.15, -0.1) is 0 Å². The Balaban J connectivity index is 2.84. The molecule has 0 spiro atoms. The Bertz CT molecular complexity index is 403. The van der Waals surface area contributed by atoms with E-state index in [0.29, 0.717) is 6.61 Å². The average molecular weight is 268 g/mol. The van der Waals surface area contributed by atoms with Gasteiger partial charge in [0.1, 0.15) is 12.4 Å². The minimum Gasteiger partial charge on any atom is -0.489 e. The highest BCUT2D eigenvalue weighted by atomic mass is 35.5. The summed E-state index contributed by atoms with van der Waals surface area (Å²) in [7, 11) is 0. The summed E-state index contributed by atoms with van der Waals surface area (Å²) >= 11 is 6.06. The molecule has 1 unspecified atom stereocenters. The van der Waals surface area contributed by atoms with Crippen molar-refractivity contribution in [3.8, 4) is 5.75 Å². The van der Waals surface area contributed by atoms with Crippen molar-refractivity contribution in [3.63, 3.8) is 0 Å². The number of hydrogen-bond acceptors (Lipinski definition) is 2. The molecule has 1 aromatic carbocycles. The SMILES string of the molecule is C=C(C)COc1ccc(Cl)cc1C(C)NCCC. The molecule has 0 bridgehead atoms. The largest absolute Gasteiger partial charge is 0.489 e. The lowest BCUT2D eigenvalue weighted by Gasteiger charge is -2.18. The van der Waals surface area contributed by atoms with E-state index in [1.54, 1.807) is 0 Å². The van der Waals surface area contributed by atoms with E-state index >= 15 is 0 Å². The first-order valence-electron chi connectivity index (χ1n) is 6.34. The molecule has 1 aromatic rings. The van der Waals surface area contributed by atoms with Gasteiger partial charge in [0, 0.05) is 16.6 Å². The number of ether oxygens (including phenoxy) is 1. The lowest BCUT2D eigenvalue weighted by atomic mass is 10.1. The highest BCUT2D eigenvalue weighted by Gasteiger charge is 2.11. The zero-order valence-corrected chi connectivity index (χ0v) is 12.2. The van der Waals surface area contributed by atoms with E-state index in [1.165, 1.54) is 0 Å². The molecular formula is C15H22ClNO. The van der Waals surface area contributed by atoms with Crippen LogP contribution in [0.2, 0.25) is 5.02 Å². The van der Waals surface area contributed by atoms with E-state index < -0.39 is 0 Å². The predicted octanol–water partition coefficient (Wildman–Crippen LogP) is 4.36. The Morgan fingerprint density at radius 3 is 2.83 bits per heavy atom. The fourth-order valence-corrected chi connectivity index (χ4v) is 1.84. The predicted molar refractivity (Wildman–Crippen MR) is 78.5 cm³/mol. The van der Waals surface area contributed by atoms with Gasteiger partial charge >= 0.3 is 0 Å². The molecule has 100 valence electrons. The summed E-state index contributed by atoms with van der Waals surface area (Å²) in [6.45, 7) is 11.6. The number of nitrogens with one attached hydrogen (secondary N) is 1. The van der Waals surface area contributed by atoms with E-state index in [4.69, 9.17) is 16.3 Å². The molecule has 0 aliphatic rings. The number of halogens is 1. The van der Waals surface area contributed by atoms with Crippen LogP contribution in [-0.4, -0.2) is 13.2 Å². The molecule has 0 saturated heterocycles. The zero-order valence-electron chi connectivity index (χ0n) is 11.4. The van der Waals surface area contributed by atoms with Crippen LogP contribution in [0.5, 0.6) is 5.75 Å². The molecule has 3 heteroatoms. The highest BCUT2D eigenvalue weighted by Crippen LogP contribution is 2.28. The van der Waals surface area contributed by atoms with Gasteiger partial charge in [0.05, 0.1) is 0 Å². The monoisotopic (exact) mass is 267 g/mol. The first-order valence-corrected chi connectivity index (χ1v) is 6.72. The van der Waals surface area contributed by atoms with Crippen molar-refractivity contribution < 1.29 is 4.74 Å². The molecule has 0 fully saturated rings. The van der Waals surface area contributed by atoms with E-state index in [0.717, 1.165) is 34.9 Å². The van der Waals surface area contributed by atoms with Crippen LogP contribution in [0.1, 0.15) is 38.8 Å². The third-order valence-corrected chi connectivity index (χ3v) is 2.85. The first-order chi connectivity index (χ1) is 8.54. The Kier molecular flexibility index (Phi) is 6.23. The molecule has 0 amide bonds. The Hall–Kier alpha value is -0.990. The van der Waals surface area contributed by atoms with Crippen LogP contribution in [0.25, 0.3) is 0 Å². The van der Waals surface area contributed by atoms with Crippen LogP contribution in [-0.2, 0) is 0 Å². The maximum atomic E-state index is 6.06. The minimum atomic E-state index is 0.226. The van der Waals surface area contributed by atoms with Crippen LogP contribution >= 0.6 is 11.6 Å². The topological polar surface area (TPSA) is 21.3 Å². The molecule has 0 aromatic heterocycles. The van der Waals surface area contributed by atoms with Gasteiger partial charge in [-0.25, -0.2) is 0 Å². The van der Waals surface area contributed by atoms with E-state index in [-0.39, 0.29) is 6.04 Å². The molecule has 0 saturated carbocycles. The average Bonchev–Trinajstić information content (AvgIpc) is 2.34. The van der Waals surface area contributed by atoms with Gasteiger partial charge in [-0.05, 0) is 50.6 Å². The van der Waals surface area contributed by atoms with Crippen molar-refractivity contribution >= 4 is 11.6 Å². The highest BCUT2D eigenvalue weighted by molar-refractivity contribution is 6.30. The summed E-state index contributed by atoms with van der Waals surface area (Å²) < 4.78 is 5.76. The molecule has 2 nitrogen and oxygen atoms in total. The Morgan fingerprint density at radius 1 is 1.50 bits per heavy atom. The van der Waals surface area contributed by atoms with Gasteiger partial charge in [-0.2, -0.15) is 0 Å². The maximum absolute atomic E-state index is 6.06. The van der Waals surface area contributed by atoms with Crippen molar-refractivity contribution in [2.24, 2.45) is 0 Å². The summed E-state index contributed by atoms with van der Waals surface area (Å²) in [5.74, 6) is 0.874. The van der Waals surface area contributed by atoms with Crippen molar-refractivity contribution in [3.05, 3.63) is 40.9 Å². The molecule has 18 heavy (non-hydrogen) atoms. The summed E-state index contributed by atoms with van der Waals surface area (Å²) in [5, 5.41) is 4.18. The summed E-state index contributed by atoms with van der Waals surface area (Å²) in [5.41, 5.74) is 2.10. The molecule has 1 rings (SSSR count). The van der Waals surface area contributed by atoms with Crippen LogP contribution in [0.3, 0.4) is 0 Å². The first kappa shape index (κ1) is 15.1. The maximum Gasteiger partial charge on any atom is 0.124 e. The lowest BCUT2D eigenvalue weighted by molar-refractivity contribution is 0.344. The van der Waals surface area contributed by atoms with E-state index in [1.807, 2.05) is 25.1 Å². The van der Waals surface area contributed by atoms with Crippen LogP contribution in [0, 0.1) is 0 Å². The second kappa shape index (κ2) is 7.45. The van der Waals surface area contributed by atoms with Gasteiger partial charge in [0.2, 0.25) is 0 Å². The van der Waals surface area contributed by atoms with Crippen molar-refractivity contribution in [1.29, 1.82) is 0 Å². The molecule has 0 radical (unpaired) electrons. The molecule has 0 aliphatic carbocycles. The molecular weight excluding hydrogens is 246 g/mol. The fraction of sp³-hybridized carbons (Fsp3) is 0.467. The normalized spacial score (nSPS) is 12.2. The Morgan fingerprint density at radius 2 is 2.22 bits per heavy atom. The van der Waals surface area contributed by atoms with Crippen LogP contribution < -0.4 is 10.1 Å². The van der Waals surface area contributed by atoms with Crippen LogP contribution in [0.15, 0.2) is 30.4 Å². The van der Waals surface area contributed by atoms with E-state index in [2.05, 4.69) is 25.7 Å². The Labute approximate surface area is 115 Å². The molecule has 0 heterocycles. The molecule has 1 atom stereocenters. The lowest BCUT2D eigenvalue weighted by Crippen LogP contribution is -2.20. The van der Waals surface area contributed by atoms with Crippen molar-refractivity contribution in [2.45, 2.75) is 33.2 Å². The van der Waals surface area contributed by atoms with Crippen LogP contribution in [0.4, 0.5) is 0 Å². The summed E-state index contributed by atoms with van der Waals surface area (Å²) in [4.78, 5) is 0. The van der Waals surface area contributed by atoms with Crippen molar-refractivity contribution in [1.82, 2.24) is 5.32 Å². The van der Waals surface area contributed by atoms with Crippen molar-refractivity contribution in [2.75, 3.05) is 13.2 Å². The smallest absolute Gasteiger partial charge is 0.124 e. The molecule has 0 aliphatic heterocycles. The van der Waals surface area contributed by atoms with Gasteiger partial charge in [-0.3, -0.25) is 0 Å². The molecule has 1 N–H and O–H groups in total.